The zero-order chi connectivity index (χ0) is 26.8. The molecule has 1 aromatic heterocycles. The third-order valence-corrected chi connectivity index (χ3v) is 7.45. The lowest BCUT2D eigenvalue weighted by atomic mass is 10.0. The third kappa shape index (κ3) is 5.94. The number of rotatable bonds is 8. The van der Waals surface area contributed by atoms with Gasteiger partial charge in [0, 0.05) is 42.9 Å². The first-order valence-electron chi connectivity index (χ1n) is 13.4. The lowest BCUT2D eigenvalue weighted by molar-refractivity contribution is 0.0904. The van der Waals surface area contributed by atoms with Gasteiger partial charge in [-0.2, -0.15) is 5.10 Å². The molecule has 0 atom stereocenters. The van der Waals surface area contributed by atoms with Crippen LogP contribution in [0.5, 0.6) is 0 Å². The fourth-order valence-corrected chi connectivity index (χ4v) is 5.26. The van der Waals surface area contributed by atoms with Crippen molar-refractivity contribution in [1.82, 2.24) is 15.1 Å². The number of carbonyl (C=O) groups is 1. The van der Waals surface area contributed by atoms with E-state index < -0.39 is 11.6 Å². The lowest BCUT2D eigenvalue weighted by Gasteiger charge is -2.31. The van der Waals surface area contributed by atoms with Gasteiger partial charge in [-0.05, 0) is 91.9 Å². The molecular formula is C30H31F2N5O2. The maximum atomic E-state index is 13.7. The molecule has 2 aliphatic heterocycles. The molecule has 9 heteroatoms. The summed E-state index contributed by atoms with van der Waals surface area (Å²) in [6.07, 6.45) is 3.35. The van der Waals surface area contributed by atoms with E-state index in [1.54, 1.807) is 0 Å². The highest BCUT2D eigenvalue weighted by Crippen LogP contribution is 2.27. The van der Waals surface area contributed by atoms with Crippen LogP contribution >= 0.6 is 0 Å². The van der Waals surface area contributed by atoms with E-state index >= 15 is 0 Å². The standard InChI is InChI=1S/C30H31F2N5O2/c31-22-13-21(14-23(32)17-22)12-19-3-5-27-26(15-19)29(36-35-27)34-30(38)25-4-2-20(18-37-8-1-9-37)16-28(25)33-24-6-10-39-11-7-24/h2-5,13-17,24,33H,1,6-12,18H2,(H2,34,35,36,38). The van der Waals surface area contributed by atoms with Crippen molar-refractivity contribution in [3.63, 3.8) is 0 Å². The van der Waals surface area contributed by atoms with E-state index in [4.69, 9.17) is 4.74 Å². The first-order valence-corrected chi connectivity index (χ1v) is 13.4. The smallest absolute Gasteiger partial charge is 0.258 e. The monoisotopic (exact) mass is 531 g/mol. The van der Waals surface area contributed by atoms with Gasteiger partial charge in [-0.1, -0.05) is 12.1 Å². The summed E-state index contributed by atoms with van der Waals surface area (Å²) >= 11 is 0. The zero-order valence-corrected chi connectivity index (χ0v) is 21.6. The number of aromatic amines is 1. The number of hydrogen-bond acceptors (Lipinski definition) is 5. The van der Waals surface area contributed by atoms with E-state index in [9.17, 15) is 13.6 Å². The fraction of sp³-hybridized carbons (Fsp3) is 0.333. The molecule has 2 saturated heterocycles. The van der Waals surface area contributed by atoms with Crippen LogP contribution in [0, 0.1) is 11.6 Å². The van der Waals surface area contributed by atoms with Crippen molar-refractivity contribution in [1.29, 1.82) is 0 Å². The number of likely N-dealkylation sites (tertiary alicyclic amines) is 1. The minimum absolute atomic E-state index is 0.242. The highest BCUT2D eigenvalue weighted by Gasteiger charge is 2.21. The average Bonchev–Trinajstić information content (AvgIpc) is 3.28. The number of carbonyl (C=O) groups excluding carboxylic acids is 1. The van der Waals surface area contributed by atoms with Crippen molar-refractivity contribution >= 4 is 28.3 Å². The predicted octanol–water partition coefficient (Wildman–Crippen LogP) is 5.48. The van der Waals surface area contributed by atoms with Crippen molar-refractivity contribution in [3.05, 3.63) is 88.5 Å². The van der Waals surface area contributed by atoms with Gasteiger partial charge in [0.05, 0.1) is 11.1 Å². The van der Waals surface area contributed by atoms with Crippen LogP contribution in [-0.4, -0.2) is 53.3 Å². The number of nitrogens with one attached hydrogen (secondary N) is 3. The summed E-state index contributed by atoms with van der Waals surface area (Å²) in [7, 11) is 0. The molecule has 3 heterocycles. The molecule has 0 bridgehead atoms. The first-order chi connectivity index (χ1) is 19.0. The molecule has 1 amide bonds. The van der Waals surface area contributed by atoms with E-state index in [-0.39, 0.29) is 11.9 Å². The second-order valence-electron chi connectivity index (χ2n) is 10.4. The number of anilines is 2. The molecule has 0 saturated carbocycles. The number of aromatic nitrogens is 2. The highest BCUT2D eigenvalue weighted by atomic mass is 19.1. The van der Waals surface area contributed by atoms with E-state index in [0.29, 0.717) is 36.6 Å². The summed E-state index contributed by atoms with van der Waals surface area (Å²) < 4.78 is 32.9. The number of ether oxygens (including phenoxy) is 1. The number of H-pyrrole nitrogens is 1. The number of hydrogen-bond donors (Lipinski definition) is 3. The summed E-state index contributed by atoms with van der Waals surface area (Å²) in [5.41, 5.74) is 4.67. The van der Waals surface area contributed by atoms with Gasteiger partial charge in [-0.15, -0.1) is 0 Å². The third-order valence-electron chi connectivity index (χ3n) is 7.45. The van der Waals surface area contributed by atoms with Crippen LogP contribution in [0.2, 0.25) is 0 Å². The predicted molar refractivity (Wildman–Crippen MR) is 147 cm³/mol. The van der Waals surface area contributed by atoms with Crippen LogP contribution in [0.1, 0.15) is 46.3 Å². The van der Waals surface area contributed by atoms with Gasteiger partial charge in [0.25, 0.3) is 5.91 Å². The Kier molecular flexibility index (Phi) is 7.26. The zero-order valence-electron chi connectivity index (χ0n) is 21.6. The second-order valence-corrected chi connectivity index (χ2v) is 10.4. The summed E-state index contributed by atoms with van der Waals surface area (Å²) in [5.74, 6) is -1.07. The number of fused-ring (bicyclic) bond motifs is 1. The van der Waals surface area contributed by atoms with E-state index in [0.717, 1.165) is 60.7 Å². The Hall–Kier alpha value is -3.82. The van der Waals surface area contributed by atoms with E-state index in [2.05, 4.69) is 31.8 Å². The second kappa shape index (κ2) is 11.1. The minimum Gasteiger partial charge on any atom is -0.381 e. The number of amides is 1. The van der Waals surface area contributed by atoms with E-state index in [1.165, 1.54) is 24.1 Å². The fourth-order valence-electron chi connectivity index (χ4n) is 5.26. The van der Waals surface area contributed by atoms with Crippen LogP contribution in [-0.2, 0) is 17.7 Å². The van der Waals surface area contributed by atoms with Crippen LogP contribution in [0.25, 0.3) is 10.9 Å². The molecule has 2 fully saturated rings. The van der Waals surface area contributed by atoms with E-state index in [1.807, 2.05) is 30.3 Å². The molecule has 2 aliphatic rings. The van der Waals surface area contributed by atoms with Crippen LogP contribution in [0.15, 0.2) is 54.6 Å². The molecule has 0 aliphatic carbocycles. The Morgan fingerprint density at radius 2 is 1.74 bits per heavy atom. The molecule has 4 aromatic rings. The quantitative estimate of drug-likeness (QED) is 0.281. The molecule has 202 valence electrons. The Bertz CT molecular complexity index is 1470. The van der Waals surface area contributed by atoms with Gasteiger partial charge in [0.2, 0.25) is 0 Å². The number of halogens is 2. The number of benzene rings is 3. The summed E-state index contributed by atoms with van der Waals surface area (Å²) in [6, 6.07) is 15.3. The van der Waals surface area contributed by atoms with Crippen molar-refractivity contribution in [2.45, 2.75) is 38.3 Å². The minimum atomic E-state index is -0.608. The first kappa shape index (κ1) is 25.5. The van der Waals surface area contributed by atoms with Gasteiger partial charge in [0.15, 0.2) is 5.82 Å². The maximum absolute atomic E-state index is 13.7. The maximum Gasteiger partial charge on any atom is 0.258 e. The average molecular weight is 532 g/mol. The van der Waals surface area contributed by atoms with Gasteiger partial charge in [-0.25, -0.2) is 8.78 Å². The van der Waals surface area contributed by atoms with Gasteiger partial charge < -0.3 is 15.4 Å². The van der Waals surface area contributed by atoms with Crippen molar-refractivity contribution in [2.24, 2.45) is 0 Å². The summed E-state index contributed by atoms with van der Waals surface area (Å²) in [5, 5.41) is 14.6. The Labute approximate surface area is 225 Å². The molecular weight excluding hydrogens is 500 g/mol. The molecule has 7 nitrogen and oxygen atoms in total. The molecule has 3 aromatic carbocycles. The summed E-state index contributed by atoms with van der Waals surface area (Å²) in [4.78, 5) is 15.9. The topological polar surface area (TPSA) is 82.3 Å². The van der Waals surface area contributed by atoms with Crippen molar-refractivity contribution in [3.8, 4) is 0 Å². The van der Waals surface area contributed by atoms with Gasteiger partial charge in [0.1, 0.15) is 11.6 Å². The molecule has 0 unspecified atom stereocenters. The normalized spacial score (nSPS) is 16.3. The number of nitrogens with zero attached hydrogens (tertiary/aromatic N) is 2. The lowest BCUT2D eigenvalue weighted by Crippen LogP contribution is -2.36. The van der Waals surface area contributed by atoms with Crippen LogP contribution in [0.3, 0.4) is 0 Å². The SMILES string of the molecule is O=C(Nc1n[nH]c2ccc(Cc3cc(F)cc(F)c3)cc12)c1ccc(CN2CCC2)cc1NC1CCOCC1. The molecule has 0 radical (unpaired) electrons. The van der Waals surface area contributed by atoms with Crippen molar-refractivity contribution in [2.75, 3.05) is 36.9 Å². The molecule has 0 spiro atoms. The Balaban J connectivity index is 1.24. The van der Waals surface area contributed by atoms with Crippen LogP contribution in [0.4, 0.5) is 20.3 Å². The largest absolute Gasteiger partial charge is 0.381 e. The van der Waals surface area contributed by atoms with Crippen LogP contribution < -0.4 is 10.6 Å². The molecule has 6 rings (SSSR count). The Morgan fingerprint density at radius 1 is 0.974 bits per heavy atom. The molecule has 3 N–H and O–H groups in total. The Morgan fingerprint density at radius 3 is 2.49 bits per heavy atom. The van der Waals surface area contributed by atoms with Crippen molar-refractivity contribution < 1.29 is 18.3 Å². The highest BCUT2D eigenvalue weighted by molar-refractivity contribution is 6.10. The van der Waals surface area contributed by atoms with Gasteiger partial charge >= 0.3 is 0 Å². The summed E-state index contributed by atoms with van der Waals surface area (Å²) in [6.45, 7) is 4.49. The molecule has 39 heavy (non-hydrogen) atoms. The van der Waals surface area contributed by atoms with Gasteiger partial charge in [-0.3, -0.25) is 14.8 Å².